The van der Waals surface area contributed by atoms with E-state index >= 15 is 0 Å². The standard InChI is InChI=1S/C24H21Cl2NO3/c25-20-12-11-17(21(26)15-20)13-14-27-22(28)16-30-24(29)23(18-7-3-1-4-8-18)19-9-5-2-6-10-19/h1-12,15,23H,13-14,16H2,(H,27,28). The topological polar surface area (TPSA) is 55.4 Å². The van der Waals surface area contributed by atoms with Crippen molar-refractivity contribution >= 4 is 35.1 Å². The van der Waals surface area contributed by atoms with E-state index in [4.69, 9.17) is 27.9 Å². The van der Waals surface area contributed by atoms with Gasteiger partial charge in [-0.25, -0.2) is 0 Å². The van der Waals surface area contributed by atoms with E-state index in [-0.39, 0.29) is 12.5 Å². The van der Waals surface area contributed by atoms with Crippen LogP contribution in [0.25, 0.3) is 0 Å². The van der Waals surface area contributed by atoms with Crippen LogP contribution in [0.2, 0.25) is 10.0 Å². The second-order valence-electron chi connectivity index (χ2n) is 6.70. The summed E-state index contributed by atoms with van der Waals surface area (Å²) >= 11 is 12.0. The Labute approximate surface area is 185 Å². The van der Waals surface area contributed by atoms with Crippen LogP contribution in [-0.2, 0) is 20.7 Å². The molecule has 0 radical (unpaired) electrons. The lowest BCUT2D eigenvalue weighted by Crippen LogP contribution is -2.31. The van der Waals surface area contributed by atoms with Gasteiger partial charge in [-0.2, -0.15) is 0 Å². The van der Waals surface area contributed by atoms with Crippen LogP contribution in [0.1, 0.15) is 22.6 Å². The van der Waals surface area contributed by atoms with Crippen molar-refractivity contribution in [2.45, 2.75) is 12.3 Å². The van der Waals surface area contributed by atoms with Crippen LogP contribution in [0.5, 0.6) is 0 Å². The first-order chi connectivity index (χ1) is 14.5. The van der Waals surface area contributed by atoms with E-state index in [9.17, 15) is 9.59 Å². The molecular weight excluding hydrogens is 421 g/mol. The molecule has 3 rings (SSSR count). The molecule has 3 aromatic rings. The first-order valence-corrected chi connectivity index (χ1v) is 10.3. The highest BCUT2D eigenvalue weighted by Crippen LogP contribution is 2.26. The van der Waals surface area contributed by atoms with Crippen molar-refractivity contribution in [1.29, 1.82) is 0 Å². The Balaban J connectivity index is 1.55. The molecule has 0 saturated heterocycles. The quantitative estimate of drug-likeness (QED) is 0.498. The highest BCUT2D eigenvalue weighted by Gasteiger charge is 2.24. The van der Waals surface area contributed by atoms with Gasteiger partial charge in [-0.3, -0.25) is 9.59 Å². The van der Waals surface area contributed by atoms with Gasteiger partial charge in [0, 0.05) is 16.6 Å². The maximum atomic E-state index is 12.8. The molecule has 0 saturated carbocycles. The Hall–Kier alpha value is -2.82. The summed E-state index contributed by atoms with van der Waals surface area (Å²) in [6, 6.07) is 24.0. The highest BCUT2D eigenvalue weighted by atomic mass is 35.5. The molecular formula is C24H21Cl2NO3. The van der Waals surface area contributed by atoms with E-state index in [1.807, 2.05) is 66.7 Å². The highest BCUT2D eigenvalue weighted by molar-refractivity contribution is 6.35. The summed E-state index contributed by atoms with van der Waals surface area (Å²) in [5.74, 6) is -1.43. The van der Waals surface area contributed by atoms with E-state index in [2.05, 4.69) is 5.32 Å². The van der Waals surface area contributed by atoms with E-state index in [1.165, 1.54) is 0 Å². The van der Waals surface area contributed by atoms with E-state index in [0.717, 1.165) is 16.7 Å². The maximum Gasteiger partial charge on any atom is 0.318 e. The van der Waals surface area contributed by atoms with Crippen molar-refractivity contribution in [3.8, 4) is 0 Å². The number of halogens is 2. The average molecular weight is 442 g/mol. The molecule has 1 amide bonds. The number of esters is 1. The van der Waals surface area contributed by atoms with Gasteiger partial charge in [0.05, 0.1) is 0 Å². The van der Waals surface area contributed by atoms with Gasteiger partial charge in [0.1, 0.15) is 5.92 Å². The van der Waals surface area contributed by atoms with Crippen molar-refractivity contribution in [3.05, 3.63) is 106 Å². The molecule has 154 valence electrons. The number of carbonyl (C=O) groups is 2. The number of benzene rings is 3. The van der Waals surface area contributed by atoms with Gasteiger partial charge in [0.15, 0.2) is 6.61 Å². The van der Waals surface area contributed by atoms with Crippen LogP contribution >= 0.6 is 23.2 Å². The van der Waals surface area contributed by atoms with Gasteiger partial charge in [0.2, 0.25) is 0 Å². The van der Waals surface area contributed by atoms with Crippen molar-refractivity contribution in [3.63, 3.8) is 0 Å². The predicted molar refractivity (Wildman–Crippen MR) is 119 cm³/mol. The summed E-state index contributed by atoms with van der Waals surface area (Å²) in [6.45, 7) is 0.0296. The lowest BCUT2D eigenvalue weighted by atomic mass is 9.91. The minimum absolute atomic E-state index is 0.344. The number of hydrogen-bond acceptors (Lipinski definition) is 3. The summed E-state index contributed by atoms with van der Waals surface area (Å²) in [5.41, 5.74) is 2.50. The predicted octanol–water partition coefficient (Wildman–Crippen LogP) is 5.03. The fraction of sp³-hybridized carbons (Fsp3) is 0.167. The number of amides is 1. The minimum Gasteiger partial charge on any atom is -0.455 e. The molecule has 0 heterocycles. The summed E-state index contributed by atoms with van der Waals surface area (Å²) < 4.78 is 5.32. The number of rotatable bonds is 8. The lowest BCUT2D eigenvalue weighted by Gasteiger charge is -2.17. The van der Waals surface area contributed by atoms with Gasteiger partial charge in [-0.1, -0.05) is 89.9 Å². The number of nitrogens with one attached hydrogen (secondary N) is 1. The molecule has 0 bridgehead atoms. The van der Waals surface area contributed by atoms with Gasteiger partial charge >= 0.3 is 5.97 Å². The summed E-state index contributed by atoms with van der Waals surface area (Å²) in [4.78, 5) is 24.9. The summed E-state index contributed by atoms with van der Waals surface area (Å²) in [7, 11) is 0. The van der Waals surface area contributed by atoms with Crippen molar-refractivity contribution in [2.24, 2.45) is 0 Å². The largest absolute Gasteiger partial charge is 0.455 e. The number of ether oxygens (including phenoxy) is 1. The third-order valence-corrected chi connectivity index (χ3v) is 5.17. The molecule has 0 aliphatic heterocycles. The molecule has 30 heavy (non-hydrogen) atoms. The second-order valence-corrected chi connectivity index (χ2v) is 7.54. The third kappa shape index (κ3) is 6.09. The molecule has 4 nitrogen and oxygen atoms in total. The Morgan fingerprint density at radius 3 is 2.03 bits per heavy atom. The SMILES string of the molecule is O=C(COC(=O)C(c1ccccc1)c1ccccc1)NCCc1ccc(Cl)cc1Cl. The molecule has 0 aromatic heterocycles. The zero-order valence-corrected chi connectivity index (χ0v) is 17.7. The molecule has 0 aliphatic carbocycles. The molecule has 0 spiro atoms. The van der Waals surface area contributed by atoms with Gasteiger partial charge in [-0.15, -0.1) is 0 Å². The fourth-order valence-electron chi connectivity index (χ4n) is 3.09. The normalized spacial score (nSPS) is 10.6. The molecule has 0 fully saturated rings. The summed E-state index contributed by atoms with van der Waals surface area (Å²) in [6.07, 6.45) is 0.548. The van der Waals surface area contributed by atoms with Gasteiger partial charge in [0.25, 0.3) is 5.91 Å². The monoisotopic (exact) mass is 441 g/mol. The molecule has 6 heteroatoms. The van der Waals surface area contributed by atoms with Crippen molar-refractivity contribution in [2.75, 3.05) is 13.2 Å². The van der Waals surface area contributed by atoms with Crippen molar-refractivity contribution in [1.82, 2.24) is 5.32 Å². The Morgan fingerprint density at radius 2 is 1.47 bits per heavy atom. The third-order valence-electron chi connectivity index (χ3n) is 4.58. The first kappa shape index (κ1) is 21.9. The molecule has 0 unspecified atom stereocenters. The van der Waals surface area contributed by atoms with Crippen LogP contribution in [0, 0.1) is 0 Å². The van der Waals surface area contributed by atoms with Crippen molar-refractivity contribution < 1.29 is 14.3 Å². The van der Waals surface area contributed by atoms with Crippen LogP contribution in [0.15, 0.2) is 78.9 Å². The van der Waals surface area contributed by atoms with Gasteiger partial charge < -0.3 is 10.1 Å². The maximum absolute atomic E-state index is 12.8. The molecule has 3 aromatic carbocycles. The Kier molecular flexibility index (Phi) is 7.89. The first-order valence-electron chi connectivity index (χ1n) is 9.52. The molecule has 1 N–H and O–H groups in total. The zero-order chi connectivity index (χ0) is 21.3. The number of hydrogen-bond donors (Lipinski definition) is 1. The number of carbonyl (C=O) groups excluding carboxylic acids is 2. The lowest BCUT2D eigenvalue weighted by molar-refractivity contribution is -0.149. The van der Waals surface area contributed by atoms with Gasteiger partial charge in [-0.05, 0) is 35.2 Å². The van der Waals surface area contributed by atoms with Crippen LogP contribution in [0.3, 0.4) is 0 Å². The molecule has 0 atom stereocenters. The zero-order valence-electron chi connectivity index (χ0n) is 16.2. The van der Waals surface area contributed by atoms with E-state index in [0.29, 0.717) is 23.0 Å². The van der Waals surface area contributed by atoms with E-state index < -0.39 is 11.9 Å². The molecule has 0 aliphatic rings. The average Bonchev–Trinajstić information content (AvgIpc) is 2.75. The Bertz CT molecular complexity index is 954. The fourth-order valence-corrected chi connectivity index (χ4v) is 3.59. The minimum atomic E-state index is -0.590. The van der Waals surface area contributed by atoms with Crippen LogP contribution in [0.4, 0.5) is 0 Å². The summed E-state index contributed by atoms with van der Waals surface area (Å²) in [5, 5.41) is 3.85. The van der Waals surface area contributed by atoms with Crippen LogP contribution < -0.4 is 5.32 Å². The Morgan fingerprint density at radius 1 is 0.867 bits per heavy atom. The smallest absolute Gasteiger partial charge is 0.318 e. The van der Waals surface area contributed by atoms with Crippen LogP contribution in [-0.4, -0.2) is 25.0 Å². The second kappa shape index (κ2) is 10.8. The van der Waals surface area contributed by atoms with E-state index in [1.54, 1.807) is 12.1 Å².